The SMILES string of the molecule is CCOc1ccc([Si](OCC)(OCC)OCC)c(OCC)c1OCC. The molecule has 0 saturated heterocycles. The summed E-state index contributed by atoms with van der Waals surface area (Å²) < 4.78 is 35.6. The Bertz CT molecular complexity index is 492. The first-order valence-electron chi connectivity index (χ1n) is 9.11. The van der Waals surface area contributed by atoms with E-state index in [4.69, 9.17) is 27.5 Å². The zero-order valence-electron chi connectivity index (χ0n) is 16.3. The van der Waals surface area contributed by atoms with E-state index in [1.165, 1.54) is 0 Å². The van der Waals surface area contributed by atoms with Crippen molar-refractivity contribution in [2.24, 2.45) is 0 Å². The van der Waals surface area contributed by atoms with Gasteiger partial charge in [0.2, 0.25) is 5.75 Å². The molecule has 0 unspecified atom stereocenters. The van der Waals surface area contributed by atoms with Gasteiger partial charge in [-0.05, 0) is 53.7 Å². The Balaban J connectivity index is 3.59. The van der Waals surface area contributed by atoms with Gasteiger partial charge in [0.15, 0.2) is 11.5 Å². The van der Waals surface area contributed by atoms with Crippen LogP contribution in [-0.2, 0) is 13.3 Å². The molecular formula is C18H32O6Si. The summed E-state index contributed by atoms with van der Waals surface area (Å²) in [6, 6.07) is 3.77. The topological polar surface area (TPSA) is 55.4 Å². The van der Waals surface area contributed by atoms with Crippen molar-refractivity contribution in [2.45, 2.75) is 41.5 Å². The zero-order chi connectivity index (χ0) is 18.7. The van der Waals surface area contributed by atoms with Crippen LogP contribution in [0, 0.1) is 0 Å². The minimum absolute atomic E-state index is 0.481. The molecule has 0 spiro atoms. The number of rotatable bonds is 13. The van der Waals surface area contributed by atoms with Crippen molar-refractivity contribution in [3.63, 3.8) is 0 Å². The molecule has 25 heavy (non-hydrogen) atoms. The maximum atomic E-state index is 6.03. The first-order valence-corrected chi connectivity index (χ1v) is 10.8. The van der Waals surface area contributed by atoms with Gasteiger partial charge < -0.3 is 27.5 Å². The largest absolute Gasteiger partial charge is 0.541 e. The quantitative estimate of drug-likeness (QED) is 0.496. The molecule has 1 aromatic rings. The summed E-state index contributed by atoms with van der Waals surface area (Å²) in [6.45, 7) is 14.5. The van der Waals surface area contributed by atoms with Crippen LogP contribution < -0.4 is 19.4 Å². The molecule has 1 rings (SSSR count). The van der Waals surface area contributed by atoms with Gasteiger partial charge in [0.1, 0.15) is 0 Å². The van der Waals surface area contributed by atoms with Crippen LogP contribution in [-0.4, -0.2) is 48.4 Å². The summed E-state index contributed by atoms with van der Waals surface area (Å²) in [5.41, 5.74) is 0. The summed E-state index contributed by atoms with van der Waals surface area (Å²) >= 11 is 0. The van der Waals surface area contributed by atoms with E-state index in [-0.39, 0.29) is 0 Å². The van der Waals surface area contributed by atoms with E-state index in [1.807, 2.05) is 53.7 Å². The highest BCUT2D eigenvalue weighted by atomic mass is 28.4. The van der Waals surface area contributed by atoms with Gasteiger partial charge in [-0.3, -0.25) is 0 Å². The van der Waals surface area contributed by atoms with Gasteiger partial charge in [0.05, 0.1) is 25.0 Å². The van der Waals surface area contributed by atoms with Crippen molar-refractivity contribution >= 4 is 14.0 Å². The Labute approximate surface area is 152 Å². The van der Waals surface area contributed by atoms with Crippen LogP contribution in [0.1, 0.15) is 41.5 Å². The predicted molar refractivity (Wildman–Crippen MR) is 100 cm³/mol. The molecule has 0 fully saturated rings. The zero-order valence-corrected chi connectivity index (χ0v) is 17.3. The standard InChI is InChI=1S/C18H32O6Si/c1-7-19-15-13-14-16(18(21-9-3)17(15)20-8-2)25(22-10-4,23-11-5)24-12-6/h13-14H,7-12H2,1-6H3. The van der Waals surface area contributed by atoms with Gasteiger partial charge in [-0.15, -0.1) is 0 Å². The smallest absolute Gasteiger partial charge is 0.490 e. The van der Waals surface area contributed by atoms with Crippen molar-refractivity contribution in [3.05, 3.63) is 12.1 Å². The normalized spacial score (nSPS) is 11.4. The third-order valence-electron chi connectivity index (χ3n) is 3.29. The number of hydrogen-bond donors (Lipinski definition) is 0. The van der Waals surface area contributed by atoms with E-state index >= 15 is 0 Å². The molecule has 0 bridgehead atoms. The molecule has 0 aliphatic rings. The first-order chi connectivity index (χ1) is 12.1. The number of ether oxygens (including phenoxy) is 3. The molecule has 6 nitrogen and oxygen atoms in total. The number of hydrogen-bond acceptors (Lipinski definition) is 6. The lowest BCUT2D eigenvalue weighted by atomic mass is 10.3. The van der Waals surface area contributed by atoms with E-state index in [0.29, 0.717) is 56.9 Å². The van der Waals surface area contributed by atoms with Crippen LogP contribution in [0.25, 0.3) is 0 Å². The first kappa shape index (κ1) is 21.8. The molecule has 0 radical (unpaired) electrons. The molecule has 0 heterocycles. The molecule has 0 saturated carbocycles. The average molecular weight is 373 g/mol. The highest BCUT2D eigenvalue weighted by molar-refractivity contribution is 6.76. The fraction of sp³-hybridized carbons (Fsp3) is 0.667. The van der Waals surface area contributed by atoms with Crippen LogP contribution in [0.15, 0.2) is 12.1 Å². The van der Waals surface area contributed by atoms with Gasteiger partial charge in [-0.1, -0.05) is 0 Å². The highest BCUT2D eigenvalue weighted by Crippen LogP contribution is 2.38. The van der Waals surface area contributed by atoms with Gasteiger partial charge in [-0.2, -0.15) is 0 Å². The average Bonchev–Trinajstić information content (AvgIpc) is 2.59. The van der Waals surface area contributed by atoms with E-state index in [2.05, 4.69) is 0 Å². The molecule has 1 aromatic carbocycles. The summed E-state index contributed by atoms with van der Waals surface area (Å²) in [4.78, 5) is 0. The lowest BCUT2D eigenvalue weighted by Crippen LogP contribution is -2.57. The Morgan fingerprint density at radius 1 is 0.600 bits per heavy atom. The van der Waals surface area contributed by atoms with Crippen LogP contribution in [0.4, 0.5) is 0 Å². The Hall–Kier alpha value is -1.28. The second-order valence-electron chi connectivity index (χ2n) is 4.92. The van der Waals surface area contributed by atoms with Crippen LogP contribution in [0.5, 0.6) is 17.2 Å². The molecule has 0 N–H and O–H groups in total. The minimum Gasteiger partial charge on any atom is -0.490 e. The third-order valence-corrected chi connectivity index (χ3v) is 6.35. The summed E-state index contributed by atoms with van der Waals surface area (Å²) in [5.74, 6) is 1.79. The van der Waals surface area contributed by atoms with Gasteiger partial charge in [0.25, 0.3) is 0 Å². The van der Waals surface area contributed by atoms with Crippen LogP contribution >= 0.6 is 0 Å². The second kappa shape index (κ2) is 11.4. The Morgan fingerprint density at radius 3 is 1.52 bits per heavy atom. The molecule has 0 atom stereocenters. The van der Waals surface area contributed by atoms with Crippen molar-refractivity contribution in [1.29, 1.82) is 0 Å². The van der Waals surface area contributed by atoms with Gasteiger partial charge in [0, 0.05) is 19.8 Å². The molecule has 0 amide bonds. The van der Waals surface area contributed by atoms with Gasteiger partial charge in [-0.25, -0.2) is 0 Å². The van der Waals surface area contributed by atoms with Gasteiger partial charge >= 0.3 is 8.80 Å². The predicted octanol–water partition coefficient (Wildman–Crippen LogP) is 3.14. The lowest BCUT2D eigenvalue weighted by Gasteiger charge is -2.30. The van der Waals surface area contributed by atoms with E-state index in [0.717, 1.165) is 5.19 Å². The summed E-state index contributed by atoms with van der Waals surface area (Å²) in [7, 11) is -3.12. The van der Waals surface area contributed by atoms with E-state index < -0.39 is 8.80 Å². The highest BCUT2D eigenvalue weighted by Gasteiger charge is 2.47. The second-order valence-corrected chi connectivity index (χ2v) is 7.44. The molecule has 0 aliphatic heterocycles. The summed E-state index contributed by atoms with van der Waals surface area (Å²) in [6.07, 6.45) is 0. The minimum atomic E-state index is -3.12. The number of benzene rings is 1. The van der Waals surface area contributed by atoms with Crippen LogP contribution in [0.2, 0.25) is 0 Å². The van der Waals surface area contributed by atoms with Crippen molar-refractivity contribution in [1.82, 2.24) is 0 Å². The molecule has 7 heteroatoms. The monoisotopic (exact) mass is 372 g/mol. The Kier molecular flexibility index (Phi) is 9.88. The Morgan fingerprint density at radius 2 is 1.08 bits per heavy atom. The maximum Gasteiger partial charge on any atom is 0.541 e. The van der Waals surface area contributed by atoms with E-state index in [9.17, 15) is 0 Å². The van der Waals surface area contributed by atoms with Crippen LogP contribution in [0.3, 0.4) is 0 Å². The summed E-state index contributed by atoms with van der Waals surface area (Å²) in [5, 5.41) is 0.770. The molecular weight excluding hydrogens is 340 g/mol. The maximum absolute atomic E-state index is 6.03. The van der Waals surface area contributed by atoms with Crippen molar-refractivity contribution in [2.75, 3.05) is 39.6 Å². The van der Waals surface area contributed by atoms with Crippen molar-refractivity contribution in [3.8, 4) is 17.2 Å². The molecule has 144 valence electrons. The van der Waals surface area contributed by atoms with Crippen molar-refractivity contribution < 1.29 is 27.5 Å². The lowest BCUT2D eigenvalue weighted by molar-refractivity contribution is 0.0850. The van der Waals surface area contributed by atoms with E-state index in [1.54, 1.807) is 0 Å². The fourth-order valence-electron chi connectivity index (χ4n) is 2.55. The molecule has 0 aliphatic carbocycles. The molecule has 0 aromatic heterocycles. The fourth-order valence-corrected chi connectivity index (χ4v) is 5.16. The third kappa shape index (κ3) is 5.34.